The molecule has 0 radical (unpaired) electrons. The van der Waals surface area contributed by atoms with Crippen LogP contribution in [0.4, 0.5) is 0 Å². The monoisotopic (exact) mass is 277 g/mol. The van der Waals surface area contributed by atoms with Crippen molar-refractivity contribution in [2.75, 3.05) is 20.6 Å². The van der Waals surface area contributed by atoms with E-state index in [0.29, 0.717) is 4.77 Å². The minimum absolute atomic E-state index is 0.283. The lowest BCUT2D eigenvalue weighted by molar-refractivity contribution is 0.357. The third-order valence-corrected chi connectivity index (χ3v) is 3.32. The van der Waals surface area contributed by atoms with Crippen LogP contribution in [-0.2, 0) is 0 Å². The molecule has 2 rings (SSSR count). The van der Waals surface area contributed by atoms with E-state index >= 15 is 0 Å². The molecule has 102 valence electrons. The van der Waals surface area contributed by atoms with Gasteiger partial charge in [-0.2, -0.15) is 5.10 Å². The Balaban J connectivity index is 2.30. The fourth-order valence-electron chi connectivity index (χ4n) is 1.96. The lowest BCUT2D eigenvalue weighted by Gasteiger charge is -2.17. The van der Waals surface area contributed by atoms with Crippen LogP contribution < -0.4 is 0 Å². The normalized spacial score (nSPS) is 12.8. The molecule has 0 aliphatic carbocycles. The van der Waals surface area contributed by atoms with Crippen LogP contribution in [0.3, 0.4) is 0 Å². The zero-order chi connectivity index (χ0) is 13.8. The maximum atomic E-state index is 5.33. The number of rotatable bonds is 5. The topological polar surface area (TPSA) is 49.7 Å². The van der Waals surface area contributed by atoms with Gasteiger partial charge in [-0.25, -0.2) is 0 Å². The van der Waals surface area contributed by atoms with Crippen molar-refractivity contribution in [1.29, 1.82) is 0 Å². The first kappa shape index (κ1) is 13.9. The highest BCUT2D eigenvalue weighted by Gasteiger charge is 2.15. The molecular weight excluding hydrogens is 258 g/mol. The molecule has 2 aromatic heterocycles. The molecule has 2 heterocycles. The summed E-state index contributed by atoms with van der Waals surface area (Å²) in [4.78, 5) is 6.51. The van der Waals surface area contributed by atoms with Crippen LogP contribution in [0, 0.1) is 4.77 Å². The van der Waals surface area contributed by atoms with Gasteiger partial charge < -0.3 is 4.90 Å². The molecule has 19 heavy (non-hydrogen) atoms. The van der Waals surface area contributed by atoms with E-state index < -0.39 is 0 Å². The van der Waals surface area contributed by atoms with Crippen LogP contribution in [0.1, 0.15) is 19.4 Å². The van der Waals surface area contributed by atoms with Gasteiger partial charge in [0, 0.05) is 12.2 Å². The van der Waals surface area contributed by atoms with Gasteiger partial charge in [-0.15, -0.1) is 0 Å². The van der Waals surface area contributed by atoms with Crippen molar-refractivity contribution in [3.05, 3.63) is 29.2 Å². The zero-order valence-electron chi connectivity index (χ0n) is 11.5. The van der Waals surface area contributed by atoms with Crippen molar-refractivity contribution in [2.45, 2.75) is 19.4 Å². The molecule has 6 heteroatoms. The van der Waals surface area contributed by atoms with Crippen molar-refractivity contribution >= 4 is 12.2 Å². The van der Waals surface area contributed by atoms with Gasteiger partial charge in [-0.3, -0.25) is 14.6 Å². The van der Waals surface area contributed by atoms with E-state index in [4.69, 9.17) is 12.2 Å². The van der Waals surface area contributed by atoms with E-state index in [-0.39, 0.29) is 6.04 Å². The summed E-state index contributed by atoms with van der Waals surface area (Å²) in [6, 6.07) is 6.07. The number of pyridine rings is 1. The largest absolute Gasteiger partial charge is 0.309 e. The highest BCUT2D eigenvalue weighted by Crippen LogP contribution is 2.21. The van der Waals surface area contributed by atoms with Crippen molar-refractivity contribution in [2.24, 2.45) is 0 Å². The molecule has 0 bridgehead atoms. The van der Waals surface area contributed by atoms with E-state index in [2.05, 4.69) is 41.1 Å². The Morgan fingerprint density at radius 2 is 2.21 bits per heavy atom. The lowest BCUT2D eigenvalue weighted by atomic mass is 10.2. The summed E-state index contributed by atoms with van der Waals surface area (Å²) in [6.07, 6.45) is 2.78. The number of nitrogens with zero attached hydrogens (tertiary/aromatic N) is 4. The maximum absolute atomic E-state index is 5.33. The quantitative estimate of drug-likeness (QED) is 0.853. The standard InChI is InChI=1S/C13H19N5S/c1-10(7-9-17(2)3)18-12(15-16-13(18)19)11-6-4-5-8-14-11/h4-6,8,10H,7,9H2,1-3H3,(H,16,19). The first-order valence-electron chi connectivity index (χ1n) is 6.32. The molecule has 0 spiro atoms. The van der Waals surface area contributed by atoms with Crippen molar-refractivity contribution < 1.29 is 0 Å². The van der Waals surface area contributed by atoms with Crippen LogP contribution in [-0.4, -0.2) is 45.3 Å². The Kier molecular flexibility index (Phi) is 4.44. The minimum atomic E-state index is 0.283. The minimum Gasteiger partial charge on any atom is -0.309 e. The molecular formula is C13H19N5S. The predicted molar refractivity (Wildman–Crippen MR) is 78.5 cm³/mol. The third kappa shape index (κ3) is 3.27. The van der Waals surface area contributed by atoms with Gasteiger partial charge in [0.25, 0.3) is 0 Å². The third-order valence-electron chi connectivity index (χ3n) is 3.03. The number of hydrogen-bond acceptors (Lipinski definition) is 4. The number of aromatic nitrogens is 4. The van der Waals surface area contributed by atoms with Gasteiger partial charge in [0.15, 0.2) is 10.6 Å². The van der Waals surface area contributed by atoms with Crippen LogP contribution in [0.25, 0.3) is 11.5 Å². The average Bonchev–Trinajstić information content (AvgIpc) is 2.79. The van der Waals surface area contributed by atoms with Gasteiger partial charge in [0.05, 0.1) is 0 Å². The zero-order valence-corrected chi connectivity index (χ0v) is 12.3. The Morgan fingerprint density at radius 1 is 1.42 bits per heavy atom. The Hall–Kier alpha value is -1.53. The SMILES string of the molecule is CC(CCN(C)C)n1c(-c2ccccn2)n[nH]c1=S. The Labute approximate surface area is 118 Å². The summed E-state index contributed by atoms with van der Waals surface area (Å²) >= 11 is 5.33. The van der Waals surface area contributed by atoms with Crippen molar-refractivity contribution in [3.8, 4) is 11.5 Å². The van der Waals surface area contributed by atoms with E-state index in [9.17, 15) is 0 Å². The van der Waals surface area contributed by atoms with Gasteiger partial charge in [-0.1, -0.05) is 6.07 Å². The molecule has 0 aromatic carbocycles. The molecule has 0 aliphatic heterocycles. The van der Waals surface area contributed by atoms with E-state index in [0.717, 1.165) is 24.5 Å². The predicted octanol–water partition coefficient (Wildman–Crippen LogP) is 2.52. The highest BCUT2D eigenvalue weighted by atomic mass is 32.1. The first-order valence-corrected chi connectivity index (χ1v) is 6.73. The molecule has 1 unspecified atom stereocenters. The second-order valence-electron chi connectivity index (χ2n) is 4.88. The summed E-state index contributed by atoms with van der Waals surface area (Å²) < 4.78 is 2.69. The number of H-pyrrole nitrogens is 1. The molecule has 2 aromatic rings. The molecule has 0 saturated carbocycles. The maximum Gasteiger partial charge on any atom is 0.195 e. The summed E-state index contributed by atoms with van der Waals surface area (Å²) in [5.41, 5.74) is 0.839. The lowest BCUT2D eigenvalue weighted by Crippen LogP contribution is -2.18. The second-order valence-corrected chi connectivity index (χ2v) is 5.27. The number of aromatic amines is 1. The highest BCUT2D eigenvalue weighted by molar-refractivity contribution is 7.71. The van der Waals surface area contributed by atoms with Gasteiger partial charge >= 0.3 is 0 Å². The summed E-state index contributed by atoms with van der Waals surface area (Å²) in [5.74, 6) is 0.803. The van der Waals surface area contributed by atoms with Crippen LogP contribution in [0.15, 0.2) is 24.4 Å². The fraction of sp³-hybridized carbons (Fsp3) is 0.462. The first-order chi connectivity index (χ1) is 9.09. The van der Waals surface area contributed by atoms with Crippen molar-refractivity contribution in [3.63, 3.8) is 0 Å². The van der Waals surface area contributed by atoms with Gasteiger partial charge in [-0.05, 0) is 58.3 Å². The van der Waals surface area contributed by atoms with E-state index in [1.165, 1.54) is 0 Å². The van der Waals surface area contributed by atoms with E-state index in [1.54, 1.807) is 6.20 Å². The fourth-order valence-corrected chi connectivity index (χ4v) is 2.28. The summed E-state index contributed by atoms with van der Waals surface area (Å²) in [5, 5.41) is 7.17. The molecule has 0 aliphatic rings. The van der Waals surface area contributed by atoms with Crippen LogP contribution >= 0.6 is 12.2 Å². The second kappa shape index (κ2) is 6.08. The van der Waals surface area contributed by atoms with Crippen LogP contribution in [0.2, 0.25) is 0 Å². The molecule has 0 amide bonds. The molecule has 0 fully saturated rings. The van der Waals surface area contributed by atoms with Gasteiger partial charge in [0.2, 0.25) is 0 Å². The molecule has 5 nitrogen and oxygen atoms in total. The van der Waals surface area contributed by atoms with Gasteiger partial charge in [0.1, 0.15) is 5.69 Å². The van der Waals surface area contributed by atoms with E-state index in [1.807, 2.05) is 22.8 Å². The van der Waals surface area contributed by atoms with Crippen LogP contribution in [0.5, 0.6) is 0 Å². The Bertz CT molecular complexity index is 572. The Morgan fingerprint density at radius 3 is 2.84 bits per heavy atom. The molecule has 1 N–H and O–H groups in total. The van der Waals surface area contributed by atoms with Crippen molar-refractivity contribution in [1.82, 2.24) is 24.6 Å². The number of nitrogens with one attached hydrogen (secondary N) is 1. The summed E-state index contributed by atoms with van der Waals surface area (Å²) in [7, 11) is 4.14. The smallest absolute Gasteiger partial charge is 0.195 e. The number of hydrogen-bond donors (Lipinski definition) is 1. The average molecular weight is 277 g/mol. The molecule has 0 saturated heterocycles. The molecule has 1 atom stereocenters. The summed E-state index contributed by atoms with van der Waals surface area (Å²) in [6.45, 7) is 3.16.